The smallest absolute Gasteiger partial charge is 0.257 e. The molecule has 1 aromatic heterocycles. The number of anilines is 1. The van der Waals surface area contributed by atoms with Gasteiger partial charge in [-0.05, 0) is 13.5 Å². The highest BCUT2D eigenvalue weighted by atomic mass is 16.6. The highest BCUT2D eigenvalue weighted by Gasteiger charge is 2.22. The minimum Gasteiger partial charge on any atom is -0.481 e. The number of aromatic nitrogens is 1. The first-order valence-electron chi connectivity index (χ1n) is 7.03. The van der Waals surface area contributed by atoms with Gasteiger partial charge in [0.25, 0.3) is 5.88 Å². The van der Waals surface area contributed by atoms with Crippen LogP contribution in [0.1, 0.15) is 13.8 Å². The van der Waals surface area contributed by atoms with E-state index >= 15 is 0 Å². The summed E-state index contributed by atoms with van der Waals surface area (Å²) in [7, 11) is 0. The molecule has 0 aromatic carbocycles. The van der Waals surface area contributed by atoms with Gasteiger partial charge in [-0.25, -0.2) is 4.98 Å². The van der Waals surface area contributed by atoms with Crippen molar-refractivity contribution >= 4 is 5.69 Å². The molecule has 1 unspecified atom stereocenters. The lowest BCUT2D eigenvalue weighted by atomic mass is 10.2. The zero-order chi connectivity index (χ0) is 13.2. The van der Waals surface area contributed by atoms with Crippen LogP contribution in [0.3, 0.4) is 0 Å². The molecule has 1 atom stereocenters. The highest BCUT2D eigenvalue weighted by Crippen LogP contribution is 2.33. The average Bonchev–Trinajstić information content (AvgIpc) is 2.46. The summed E-state index contributed by atoms with van der Waals surface area (Å²) in [4.78, 5) is 9.19. The lowest BCUT2D eigenvalue weighted by Crippen LogP contribution is -2.46. The first kappa shape index (κ1) is 12.5. The van der Waals surface area contributed by atoms with Gasteiger partial charge in [-0.15, -0.1) is 0 Å². The number of nitrogens with zero attached hydrogens (tertiary/aromatic N) is 3. The fourth-order valence-electron chi connectivity index (χ4n) is 2.56. The molecule has 19 heavy (non-hydrogen) atoms. The van der Waals surface area contributed by atoms with Gasteiger partial charge in [0, 0.05) is 32.2 Å². The largest absolute Gasteiger partial charge is 0.481 e. The van der Waals surface area contributed by atoms with Crippen molar-refractivity contribution in [3.05, 3.63) is 12.3 Å². The molecule has 0 saturated carbocycles. The summed E-state index contributed by atoms with van der Waals surface area (Å²) in [6.07, 6.45) is 1.99. The minimum absolute atomic E-state index is 0.0986. The molecule has 1 saturated heterocycles. The average molecular weight is 263 g/mol. The molecule has 104 valence electrons. The molecule has 3 heterocycles. The molecular formula is C14H21N3O2. The number of rotatable bonds is 2. The number of pyridine rings is 1. The molecule has 1 aromatic rings. The number of piperazine rings is 1. The highest BCUT2D eigenvalue weighted by molar-refractivity contribution is 5.53. The van der Waals surface area contributed by atoms with Gasteiger partial charge in [0.05, 0.1) is 11.9 Å². The van der Waals surface area contributed by atoms with Crippen molar-refractivity contribution < 1.29 is 9.47 Å². The molecule has 3 rings (SSSR count). The number of hydrogen-bond donors (Lipinski definition) is 0. The third-order valence-electron chi connectivity index (χ3n) is 3.77. The van der Waals surface area contributed by atoms with E-state index in [-0.39, 0.29) is 6.10 Å². The van der Waals surface area contributed by atoms with Crippen LogP contribution < -0.4 is 14.4 Å². The van der Waals surface area contributed by atoms with Gasteiger partial charge >= 0.3 is 0 Å². The molecule has 1 fully saturated rings. The van der Waals surface area contributed by atoms with Gasteiger partial charge in [0.15, 0.2) is 5.75 Å². The van der Waals surface area contributed by atoms with Crippen LogP contribution in [0.2, 0.25) is 0 Å². The Labute approximate surface area is 114 Å². The Morgan fingerprint density at radius 2 is 2.11 bits per heavy atom. The van der Waals surface area contributed by atoms with E-state index in [0.717, 1.165) is 44.2 Å². The van der Waals surface area contributed by atoms with E-state index in [1.165, 1.54) is 0 Å². The van der Waals surface area contributed by atoms with Crippen LogP contribution in [0.15, 0.2) is 12.3 Å². The van der Waals surface area contributed by atoms with Crippen LogP contribution in [0.5, 0.6) is 11.6 Å². The Bertz CT molecular complexity index is 444. The lowest BCUT2D eigenvalue weighted by molar-refractivity contribution is 0.0989. The van der Waals surface area contributed by atoms with Crippen LogP contribution in [-0.4, -0.2) is 55.3 Å². The Morgan fingerprint density at radius 1 is 1.32 bits per heavy atom. The number of ether oxygens (including phenoxy) is 2. The standard InChI is InChI=1S/C14H21N3O2/c1-3-16-4-6-17(7-5-16)12-8-13-14(15-9-12)18-10-11(2)19-13/h8-9,11H,3-7,10H2,1-2H3. The summed E-state index contributed by atoms with van der Waals surface area (Å²) < 4.78 is 11.3. The molecule has 5 nitrogen and oxygen atoms in total. The first-order chi connectivity index (χ1) is 9.26. The van der Waals surface area contributed by atoms with E-state index < -0.39 is 0 Å². The molecule has 5 heteroatoms. The van der Waals surface area contributed by atoms with E-state index in [2.05, 4.69) is 27.8 Å². The Morgan fingerprint density at radius 3 is 2.84 bits per heavy atom. The van der Waals surface area contributed by atoms with Crippen molar-refractivity contribution in [2.75, 3.05) is 44.2 Å². The van der Waals surface area contributed by atoms with E-state index in [1.54, 1.807) is 0 Å². The van der Waals surface area contributed by atoms with E-state index in [4.69, 9.17) is 9.47 Å². The maximum atomic E-state index is 5.78. The number of likely N-dealkylation sites (N-methyl/N-ethyl adjacent to an activating group) is 1. The zero-order valence-electron chi connectivity index (χ0n) is 11.6. The second kappa shape index (κ2) is 5.25. The molecule has 0 amide bonds. The maximum absolute atomic E-state index is 5.78. The van der Waals surface area contributed by atoms with Gasteiger partial charge < -0.3 is 19.3 Å². The monoisotopic (exact) mass is 263 g/mol. The molecule has 0 spiro atoms. The van der Waals surface area contributed by atoms with Gasteiger partial charge in [-0.2, -0.15) is 0 Å². The van der Waals surface area contributed by atoms with Crippen LogP contribution in [0, 0.1) is 0 Å². The van der Waals surface area contributed by atoms with Crippen molar-refractivity contribution in [1.29, 1.82) is 0 Å². The predicted octanol–water partition coefficient (Wildman–Crippen LogP) is 1.38. The van der Waals surface area contributed by atoms with Gasteiger partial charge in [0.2, 0.25) is 0 Å². The molecule has 0 bridgehead atoms. The summed E-state index contributed by atoms with van der Waals surface area (Å²) in [6, 6.07) is 2.06. The van der Waals surface area contributed by atoms with Crippen molar-refractivity contribution in [2.24, 2.45) is 0 Å². The molecule has 2 aliphatic rings. The molecule has 0 aliphatic carbocycles. The van der Waals surface area contributed by atoms with E-state index in [0.29, 0.717) is 12.5 Å². The van der Waals surface area contributed by atoms with Gasteiger partial charge in [-0.3, -0.25) is 0 Å². The van der Waals surface area contributed by atoms with Crippen molar-refractivity contribution in [3.63, 3.8) is 0 Å². The maximum Gasteiger partial charge on any atom is 0.257 e. The SMILES string of the molecule is CCN1CCN(c2cnc3c(c2)OC(C)CO3)CC1. The second-order valence-electron chi connectivity index (χ2n) is 5.16. The Kier molecular flexibility index (Phi) is 3.46. The fourth-order valence-corrected chi connectivity index (χ4v) is 2.56. The number of hydrogen-bond acceptors (Lipinski definition) is 5. The predicted molar refractivity (Wildman–Crippen MR) is 74.1 cm³/mol. The Balaban J connectivity index is 1.73. The zero-order valence-corrected chi connectivity index (χ0v) is 11.6. The van der Waals surface area contributed by atoms with Crippen LogP contribution in [-0.2, 0) is 0 Å². The fraction of sp³-hybridized carbons (Fsp3) is 0.643. The van der Waals surface area contributed by atoms with Crippen molar-refractivity contribution in [3.8, 4) is 11.6 Å². The topological polar surface area (TPSA) is 37.8 Å². The van der Waals surface area contributed by atoms with Crippen molar-refractivity contribution in [1.82, 2.24) is 9.88 Å². The van der Waals surface area contributed by atoms with E-state index in [1.807, 2.05) is 13.1 Å². The summed E-state index contributed by atoms with van der Waals surface area (Å²) >= 11 is 0. The second-order valence-corrected chi connectivity index (χ2v) is 5.16. The third-order valence-corrected chi connectivity index (χ3v) is 3.77. The van der Waals surface area contributed by atoms with Crippen LogP contribution >= 0.6 is 0 Å². The molecule has 0 N–H and O–H groups in total. The number of fused-ring (bicyclic) bond motifs is 1. The molecule has 2 aliphatic heterocycles. The summed E-state index contributed by atoms with van der Waals surface area (Å²) in [5.41, 5.74) is 1.13. The molecular weight excluding hydrogens is 242 g/mol. The Hall–Kier alpha value is -1.49. The third kappa shape index (κ3) is 2.61. The minimum atomic E-state index is 0.0986. The van der Waals surface area contributed by atoms with Crippen molar-refractivity contribution in [2.45, 2.75) is 20.0 Å². The summed E-state index contributed by atoms with van der Waals surface area (Å²) in [6.45, 7) is 10.2. The normalized spacial score (nSPS) is 23.5. The van der Waals surface area contributed by atoms with Gasteiger partial charge in [0.1, 0.15) is 12.7 Å². The lowest BCUT2D eigenvalue weighted by Gasteiger charge is -2.35. The molecule has 0 radical (unpaired) electrons. The van der Waals surface area contributed by atoms with Crippen LogP contribution in [0.4, 0.5) is 5.69 Å². The van der Waals surface area contributed by atoms with Crippen LogP contribution in [0.25, 0.3) is 0 Å². The quantitative estimate of drug-likeness (QED) is 0.806. The first-order valence-corrected chi connectivity index (χ1v) is 7.03. The summed E-state index contributed by atoms with van der Waals surface area (Å²) in [5.74, 6) is 1.39. The van der Waals surface area contributed by atoms with Gasteiger partial charge in [-0.1, -0.05) is 6.92 Å². The summed E-state index contributed by atoms with van der Waals surface area (Å²) in [5, 5.41) is 0. The van der Waals surface area contributed by atoms with E-state index in [9.17, 15) is 0 Å².